The minimum absolute atomic E-state index is 0.0635. The molecule has 1 aromatic carbocycles. The van der Waals surface area contributed by atoms with Gasteiger partial charge >= 0.3 is 5.97 Å². The van der Waals surface area contributed by atoms with E-state index in [0.717, 1.165) is 17.3 Å². The van der Waals surface area contributed by atoms with E-state index < -0.39 is 0 Å². The number of ether oxygens (including phenoxy) is 1. The molecule has 1 aromatic rings. The van der Waals surface area contributed by atoms with Crippen molar-refractivity contribution in [3.63, 3.8) is 0 Å². The summed E-state index contributed by atoms with van der Waals surface area (Å²) in [4.78, 5) is 24.2. The zero-order chi connectivity index (χ0) is 15.4. The Bertz CT molecular complexity index is 509. The first-order valence-electron chi connectivity index (χ1n) is 7.42. The average Bonchev–Trinajstić information content (AvgIpc) is 2.47. The standard InChI is InChI=1S/C17H21BrO3/c1-11-3-4-12(2)15(9-11)17(20)21-10-16(19)13-5-7-14(18)8-6-13/h5-8,11-12,15H,3-4,9-10H2,1-2H3/t11-,12-,15+/m1/s1. The Morgan fingerprint density at radius 2 is 1.86 bits per heavy atom. The van der Waals surface area contributed by atoms with Crippen molar-refractivity contribution in [3.05, 3.63) is 34.3 Å². The molecule has 0 aromatic heterocycles. The van der Waals surface area contributed by atoms with Gasteiger partial charge in [-0.1, -0.05) is 48.3 Å². The number of rotatable bonds is 4. The molecule has 3 nitrogen and oxygen atoms in total. The highest BCUT2D eigenvalue weighted by atomic mass is 79.9. The van der Waals surface area contributed by atoms with Gasteiger partial charge in [-0.3, -0.25) is 9.59 Å². The van der Waals surface area contributed by atoms with E-state index in [0.29, 0.717) is 17.4 Å². The van der Waals surface area contributed by atoms with Crippen molar-refractivity contribution >= 4 is 27.7 Å². The molecule has 0 heterocycles. The number of hydrogen-bond acceptors (Lipinski definition) is 3. The molecule has 1 fully saturated rings. The van der Waals surface area contributed by atoms with Crippen LogP contribution in [0.2, 0.25) is 0 Å². The molecule has 0 bridgehead atoms. The molecule has 0 radical (unpaired) electrons. The van der Waals surface area contributed by atoms with Crippen LogP contribution in [0.4, 0.5) is 0 Å². The zero-order valence-electron chi connectivity index (χ0n) is 12.5. The Morgan fingerprint density at radius 1 is 1.19 bits per heavy atom. The minimum atomic E-state index is -0.223. The van der Waals surface area contributed by atoms with E-state index in [1.54, 1.807) is 24.3 Å². The monoisotopic (exact) mass is 352 g/mol. The molecule has 2 rings (SSSR count). The molecule has 4 heteroatoms. The maximum atomic E-state index is 12.2. The lowest BCUT2D eigenvalue weighted by molar-refractivity contribution is -0.151. The summed E-state index contributed by atoms with van der Waals surface area (Å²) >= 11 is 3.32. The van der Waals surface area contributed by atoms with Crippen LogP contribution in [0.5, 0.6) is 0 Å². The van der Waals surface area contributed by atoms with Crippen molar-refractivity contribution in [1.29, 1.82) is 0 Å². The number of esters is 1. The highest BCUT2D eigenvalue weighted by Crippen LogP contribution is 2.34. The number of benzene rings is 1. The Kier molecular flexibility index (Phi) is 5.57. The summed E-state index contributed by atoms with van der Waals surface area (Å²) in [6.07, 6.45) is 3.09. The molecule has 0 spiro atoms. The third-order valence-electron chi connectivity index (χ3n) is 4.27. The summed E-state index contributed by atoms with van der Waals surface area (Å²) < 4.78 is 6.16. The van der Waals surface area contributed by atoms with Crippen LogP contribution in [0.15, 0.2) is 28.7 Å². The molecule has 1 aliphatic carbocycles. The molecule has 1 aliphatic rings. The predicted molar refractivity (Wildman–Crippen MR) is 85.1 cm³/mol. The van der Waals surface area contributed by atoms with E-state index in [1.165, 1.54) is 6.42 Å². The fourth-order valence-electron chi connectivity index (χ4n) is 2.82. The van der Waals surface area contributed by atoms with Gasteiger partial charge in [0, 0.05) is 10.0 Å². The minimum Gasteiger partial charge on any atom is -0.457 e. The van der Waals surface area contributed by atoms with Gasteiger partial charge in [0.15, 0.2) is 12.4 Å². The van der Waals surface area contributed by atoms with Crippen molar-refractivity contribution in [1.82, 2.24) is 0 Å². The Hall–Kier alpha value is -1.16. The Morgan fingerprint density at radius 3 is 2.52 bits per heavy atom. The maximum absolute atomic E-state index is 12.2. The summed E-state index contributed by atoms with van der Waals surface area (Å²) in [5.74, 6) is 0.454. The van der Waals surface area contributed by atoms with Gasteiger partial charge in [0.25, 0.3) is 0 Å². The second kappa shape index (κ2) is 7.21. The molecule has 114 valence electrons. The number of carbonyl (C=O) groups excluding carboxylic acids is 2. The first kappa shape index (κ1) is 16.2. The topological polar surface area (TPSA) is 43.4 Å². The third-order valence-corrected chi connectivity index (χ3v) is 4.80. The summed E-state index contributed by atoms with van der Waals surface area (Å²) in [6.45, 7) is 4.09. The van der Waals surface area contributed by atoms with Gasteiger partial charge in [0.2, 0.25) is 0 Å². The zero-order valence-corrected chi connectivity index (χ0v) is 14.1. The fourth-order valence-corrected chi connectivity index (χ4v) is 3.09. The predicted octanol–water partition coefficient (Wildman–Crippen LogP) is 4.25. The van der Waals surface area contributed by atoms with Gasteiger partial charge in [-0.15, -0.1) is 0 Å². The van der Waals surface area contributed by atoms with Crippen molar-refractivity contribution < 1.29 is 14.3 Å². The molecular weight excluding hydrogens is 332 g/mol. The van der Waals surface area contributed by atoms with E-state index in [1.807, 2.05) is 0 Å². The van der Waals surface area contributed by atoms with Crippen molar-refractivity contribution in [2.24, 2.45) is 17.8 Å². The van der Waals surface area contributed by atoms with Gasteiger partial charge in [-0.2, -0.15) is 0 Å². The number of halogens is 1. The molecule has 0 N–H and O–H groups in total. The molecule has 0 amide bonds. The van der Waals surface area contributed by atoms with Crippen molar-refractivity contribution in [3.8, 4) is 0 Å². The molecule has 0 unspecified atom stereocenters. The van der Waals surface area contributed by atoms with Crippen LogP contribution in [0.3, 0.4) is 0 Å². The second-order valence-corrected chi connectivity index (χ2v) is 6.96. The van der Waals surface area contributed by atoms with Crippen molar-refractivity contribution in [2.75, 3.05) is 6.61 Å². The summed E-state index contributed by atoms with van der Waals surface area (Å²) in [5, 5.41) is 0. The van der Waals surface area contributed by atoms with Crippen LogP contribution in [-0.4, -0.2) is 18.4 Å². The fraction of sp³-hybridized carbons (Fsp3) is 0.529. The van der Waals surface area contributed by atoms with Gasteiger partial charge in [-0.05, 0) is 36.8 Å². The SMILES string of the molecule is C[C@@H]1CC[C@@H](C)[C@@H](C(=O)OCC(=O)c2ccc(Br)cc2)C1. The number of hydrogen-bond donors (Lipinski definition) is 0. The highest BCUT2D eigenvalue weighted by molar-refractivity contribution is 9.10. The van der Waals surface area contributed by atoms with E-state index in [4.69, 9.17) is 4.74 Å². The summed E-state index contributed by atoms with van der Waals surface area (Å²) in [5.41, 5.74) is 0.566. The highest BCUT2D eigenvalue weighted by Gasteiger charge is 2.32. The first-order valence-corrected chi connectivity index (χ1v) is 8.22. The molecule has 0 aliphatic heterocycles. The summed E-state index contributed by atoms with van der Waals surface area (Å²) in [6, 6.07) is 7.07. The van der Waals surface area contributed by atoms with Crippen LogP contribution >= 0.6 is 15.9 Å². The van der Waals surface area contributed by atoms with E-state index in [9.17, 15) is 9.59 Å². The lowest BCUT2D eigenvalue weighted by atomic mass is 9.75. The lowest BCUT2D eigenvalue weighted by Gasteiger charge is -2.30. The quantitative estimate of drug-likeness (QED) is 0.600. The molecule has 0 saturated heterocycles. The van der Waals surface area contributed by atoms with Crippen molar-refractivity contribution in [2.45, 2.75) is 33.1 Å². The Balaban J connectivity index is 1.88. The van der Waals surface area contributed by atoms with Gasteiger partial charge in [-0.25, -0.2) is 0 Å². The van der Waals surface area contributed by atoms with Crippen LogP contribution < -0.4 is 0 Å². The van der Waals surface area contributed by atoms with Crippen LogP contribution in [0, 0.1) is 17.8 Å². The Labute approximate surface area is 134 Å². The van der Waals surface area contributed by atoms with E-state index in [-0.39, 0.29) is 24.3 Å². The van der Waals surface area contributed by atoms with Gasteiger partial charge in [0.05, 0.1) is 5.92 Å². The summed E-state index contributed by atoms with van der Waals surface area (Å²) in [7, 11) is 0. The molecule has 21 heavy (non-hydrogen) atoms. The van der Waals surface area contributed by atoms with Gasteiger partial charge < -0.3 is 4.74 Å². The number of ketones is 1. The first-order chi connectivity index (χ1) is 9.97. The van der Waals surface area contributed by atoms with Crippen LogP contribution in [-0.2, 0) is 9.53 Å². The third kappa shape index (κ3) is 4.40. The largest absolute Gasteiger partial charge is 0.457 e. The normalized spacial score (nSPS) is 25.4. The number of Topliss-reactive ketones (excluding diaryl/α,β-unsaturated/α-hetero) is 1. The van der Waals surface area contributed by atoms with E-state index in [2.05, 4.69) is 29.8 Å². The van der Waals surface area contributed by atoms with E-state index >= 15 is 0 Å². The van der Waals surface area contributed by atoms with Gasteiger partial charge in [0.1, 0.15) is 0 Å². The lowest BCUT2D eigenvalue weighted by Crippen LogP contribution is -2.31. The smallest absolute Gasteiger partial charge is 0.309 e. The molecule has 1 saturated carbocycles. The maximum Gasteiger partial charge on any atom is 0.309 e. The van der Waals surface area contributed by atoms with Crippen LogP contribution in [0.1, 0.15) is 43.5 Å². The molecular formula is C17H21BrO3. The molecule has 3 atom stereocenters. The number of carbonyl (C=O) groups is 2. The average molecular weight is 353 g/mol. The second-order valence-electron chi connectivity index (χ2n) is 6.04. The van der Waals surface area contributed by atoms with Crippen LogP contribution in [0.25, 0.3) is 0 Å².